The van der Waals surface area contributed by atoms with Gasteiger partial charge in [-0.15, -0.1) is 0 Å². The third-order valence-corrected chi connectivity index (χ3v) is 5.22. The molecule has 0 spiro atoms. The van der Waals surface area contributed by atoms with Crippen LogP contribution in [0, 0.1) is 5.92 Å². The monoisotopic (exact) mass is 354 g/mol. The maximum atomic E-state index is 12.7. The van der Waals surface area contributed by atoms with E-state index in [-0.39, 0.29) is 24.1 Å². The topological polar surface area (TPSA) is 82.6 Å². The predicted octanol–water partition coefficient (Wildman–Crippen LogP) is -0.0136. The molecule has 7 nitrogen and oxygen atoms in total. The van der Waals surface area contributed by atoms with Crippen molar-refractivity contribution in [3.63, 3.8) is 0 Å². The standard InChI is InChI=1S/C16H30N4O3Si/c1-11(2)7-15(24)22-10-20-16(21)13-5-4-6-19(12(3)9-23-17)14(13)8-18-20/h8,11-12,15H,4-7,9-10,17H2,1-3,24H3. The quantitative estimate of drug-likeness (QED) is 0.522. The highest BCUT2D eigenvalue weighted by Crippen LogP contribution is 2.25. The Balaban J connectivity index is 2.14. The molecule has 2 heterocycles. The number of fused-ring (bicyclic) bond motifs is 1. The van der Waals surface area contributed by atoms with Crippen LogP contribution >= 0.6 is 0 Å². The fourth-order valence-electron chi connectivity index (χ4n) is 3.26. The van der Waals surface area contributed by atoms with Gasteiger partial charge in [0, 0.05) is 28.1 Å². The van der Waals surface area contributed by atoms with Gasteiger partial charge in [0.05, 0.1) is 24.5 Å². The van der Waals surface area contributed by atoms with E-state index in [0.717, 1.165) is 47.3 Å². The third kappa shape index (κ3) is 4.66. The van der Waals surface area contributed by atoms with Crippen LogP contribution in [0.25, 0.3) is 0 Å². The van der Waals surface area contributed by atoms with Gasteiger partial charge in [0.2, 0.25) is 0 Å². The molecule has 0 bridgehead atoms. The Morgan fingerprint density at radius 3 is 2.83 bits per heavy atom. The van der Waals surface area contributed by atoms with Crippen LogP contribution in [-0.4, -0.2) is 44.9 Å². The summed E-state index contributed by atoms with van der Waals surface area (Å²) in [4.78, 5) is 19.6. The summed E-state index contributed by atoms with van der Waals surface area (Å²) in [7, 11) is 0.950. The second kappa shape index (κ2) is 8.75. The number of hydrogen-bond acceptors (Lipinski definition) is 6. The molecule has 0 saturated carbocycles. The lowest BCUT2D eigenvalue weighted by atomic mass is 10.0. The molecule has 2 rings (SSSR count). The minimum Gasteiger partial charge on any atom is -0.365 e. The zero-order chi connectivity index (χ0) is 17.7. The van der Waals surface area contributed by atoms with E-state index >= 15 is 0 Å². The third-order valence-electron chi connectivity index (χ3n) is 4.41. The summed E-state index contributed by atoms with van der Waals surface area (Å²) < 4.78 is 7.28. The van der Waals surface area contributed by atoms with E-state index in [2.05, 4.69) is 23.8 Å². The number of hydrogen-bond donors (Lipinski definition) is 1. The second-order valence-electron chi connectivity index (χ2n) is 7.03. The van der Waals surface area contributed by atoms with Gasteiger partial charge in [-0.05, 0) is 32.1 Å². The van der Waals surface area contributed by atoms with E-state index in [9.17, 15) is 4.79 Å². The molecule has 0 amide bonds. The number of anilines is 1. The summed E-state index contributed by atoms with van der Waals surface area (Å²) in [6, 6.07) is 0.111. The Labute approximate surface area is 146 Å². The lowest BCUT2D eigenvalue weighted by Crippen LogP contribution is -2.43. The summed E-state index contributed by atoms with van der Waals surface area (Å²) in [6.45, 7) is 7.93. The van der Waals surface area contributed by atoms with Crippen molar-refractivity contribution in [2.75, 3.05) is 18.1 Å². The average molecular weight is 355 g/mol. The van der Waals surface area contributed by atoms with Gasteiger partial charge in [-0.3, -0.25) is 4.79 Å². The van der Waals surface area contributed by atoms with E-state index < -0.39 is 0 Å². The summed E-state index contributed by atoms with van der Waals surface area (Å²) in [5.74, 6) is 5.79. The van der Waals surface area contributed by atoms with Gasteiger partial charge in [0.1, 0.15) is 6.73 Å². The van der Waals surface area contributed by atoms with Gasteiger partial charge in [-0.25, -0.2) is 10.6 Å². The number of nitrogens with zero attached hydrogens (tertiary/aromatic N) is 3. The molecule has 2 N–H and O–H groups in total. The van der Waals surface area contributed by atoms with Crippen molar-refractivity contribution >= 4 is 15.9 Å². The molecular weight excluding hydrogens is 324 g/mol. The molecule has 0 aliphatic carbocycles. The first-order valence-electron chi connectivity index (χ1n) is 8.73. The summed E-state index contributed by atoms with van der Waals surface area (Å²) in [5.41, 5.74) is 1.92. The highest BCUT2D eigenvalue weighted by Gasteiger charge is 2.25. The van der Waals surface area contributed by atoms with E-state index in [1.54, 1.807) is 6.20 Å². The largest absolute Gasteiger partial charge is 0.365 e. The van der Waals surface area contributed by atoms with Gasteiger partial charge in [-0.2, -0.15) is 5.10 Å². The van der Waals surface area contributed by atoms with Crippen LogP contribution in [0.2, 0.25) is 0 Å². The van der Waals surface area contributed by atoms with Gasteiger partial charge in [-0.1, -0.05) is 13.8 Å². The Morgan fingerprint density at radius 2 is 2.17 bits per heavy atom. The Kier molecular flexibility index (Phi) is 6.97. The highest BCUT2D eigenvalue weighted by atomic mass is 28.1. The van der Waals surface area contributed by atoms with Crippen molar-refractivity contribution in [1.29, 1.82) is 0 Å². The van der Waals surface area contributed by atoms with Crippen LogP contribution in [0.5, 0.6) is 0 Å². The maximum Gasteiger partial charge on any atom is 0.274 e. The molecule has 0 aromatic carbocycles. The van der Waals surface area contributed by atoms with Crippen LogP contribution < -0.4 is 16.4 Å². The Morgan fingerprint density at radius 1 is 1.42 bits per heavy atom. The molecule has 1 aliphatic heterocycles. The highest BCUT2D eigenvalue weighted by molar-refractivity contribution is 6.10. The molecule has 136 valence electrons. The molecule has 0 radical (unpaired) electrons. The summed E-state index contributed by atoms with van der Waals surface area (Å²) in [5, 5.41) is 4.32. The molecule has 2 atom stereocenters. The van der Waals surface area contributed by atoms with E-state index in [4.69, 9.17) is 15.5 Å². The van der Waals surface area contributed by atoms with Crippen molar-refractivity contribution in [2.45, 2.75) is 58.5 Å². The minimum absolute atomic E-state index is 0.0449. The van der Waals surface area contributed by atoms with E-state index in [1.165, 1.54) is 4.68 Å². The molecular formula is C16H30N4O3Si. The van der Waals surface area contributed by atoms with Crippen molar-refractivity contribution in [2.24, 2.45) is 11.8 Å². The number of nitrogens with two attached hydrogens (primary N) is 1. The van der Waals surface area contributed by atoms with Crippen molar-refractivity contribution < 1.29 is 9.57 Å². The molecule has 0 fully saturated rings. The molecule has 1 aromatic rings. The van der Waals surface area contributed by atoms with Crippen LogP contribution in [0.3, 0.4) is 0 Å². The minimum atomic E-state index is -0.0449. The van der Waals surface area contributed by atoms with Crippen molar-refractivity contribution in [3.05, 3.63) is 22.1 Å². The summed E-state index contributed by atoms with van der Waals surface area (Å²) in [6.07, 6.45) is 4.52. The lowest BCUT2D eigenvalue weighted by Gasteiger charge is -2.35. The molecule has 8 heteroatoms. The lowest BCUT2D eigenvalue weighted by molar-refractivity contribution is 0.0326. The zero-order valence-corrected chi connectivity index (χ0v) is 17.2. The van der Waals surface area contributed by atoms with Crippen LogP contribution in [0.4, 0.5) is 5.69 Å². The summed E-state index contributed by atoms with van der Waals surface area (Å²) >= 11 is 0. The van der Waals surface area contributed by atoms with Crippen LogP contribution in [0.1, 0.15) is 39.2 Å². The molecule has 1 aliphatic rings. The second-order valence-corrected chi connectivity index (χ2v) is 8.32. The molecule has 24 heavy (non-hydrogen) atoms. The molecule has 2 unspecified atom stereocenters. The predicted molar refractivity (Wildman–Crippen MR) is 98.0 cm³/mol. The first kappa shape index (κ1) is 19.1. The van der Waals surface area contributed by atoms with E-state index in [0.29, 0.717) is 12.5 Å². The number of aromatic nitrogens is 2. The van der Waals surface area contributed by atoms with Gasteiger partial charge < -0.3 is 14.5 Å². The Bertz CT molecular complexity index is 593. The molecule has 1 aromatic heterocycles. The van der Waals surface area contributed by atoms with Gasteiger partial charge in [0.15, 0.2) is 0 Å². The first-order chi connectivity index (χ1) is 11.4. The smallest absolute Gasteiger partial charge is 0.274 e. The fraction of sp³-hybridized carbons (Fsp3) is 0.750. The fourth-order valence-corrected chi connectivity index (χ4v) is 4.35. The van der Waals surface area contributed by atoms with Crippen molar-refractivity contribution in [1.82, 2.24) is 9.78 Å². The first-order valence-corrected chi connectivity index (χ1v) is 9.88. The molecule has 0 saturated heterocycles. The van der Waals surface area contributed by atoms with Crippen LogP contribution in [0.15, 0.2) is 11.0 Å². The van der Waals surface area contributed by atoms with Gasteiger partial charge >= 0.3 is 0 Å². The normalized spacial score (nSPS) is 17.1. The number of ether oxygens (including phenoxy) is 1. The van der Waals surface area contributed by atoms with E-state index in [1.807, 2.05) is 6.92 Å². The van der Waals surface area contributed by atoms with Crippen molar-refractivity contribution in [3.8, 4) is 0 Å². The average Bonchev–Trinajstić information content (AvgIpc) is 2.53. The Hall–Kier alpha value is -1.22. The van der Waals surface area contributed by atoms with Gasteiger partial charge in [0.25, 0.3) is 5.56 Å². The SMILES string of the molecule is CC(C)CC([SiH3])OCn1ncc2c(c1=O)CCCN2C(C)CON. The number of rotatable bonds is 8. The zero-order valence-electron chi connectivity index (χ0n) is 15.2. The maximum absolute atomic E-state index is 12.7. The van der Waals surface area contributed by atoms with Crippen LogP contribution in [-0.2, 0) is 22.7 Å².